The van der Waals surface area contributed by atoms with Gasteiger partial charge in [0.05, 0.1) is 18.6 Å². The van der Waals surface area contributed by atoms with Gasteiger partial charge in [-0.1, -0.05) is 0 Å². The minimum Gasteiger partial charge on any atom is -0.508 e. The highest BCUT2D eigenvalue weighted by Gasteiger charge is 2.15. The molecular formula is C13H13NO4. The average Bonchev–Trinajstić information content (AvgIpc) is 2.40. The lowest BCUT2D eigenvalue weighted by Crippen LogP contribution is -2.36. The molecule has 94 valence electrons. The minimum absolute atomic E-state index is 0.0638. The highest BCUT2D eigenvalue weighted by molar-refractivity contribution is 5.79. The number of hydrogen-bond donors (Lipinski definition) is 1. The van der Waals surface area contributed by atoms with Crippen LogP contribution in [-0.4, -0.2) is 31.4 Å². The molecule has 0 spiro atoms. The predicted molar refractivity (Wildman–Crippen MR) is 67.2 cm³/mol. The van der Waals surface area contributed by atoms with Crippen LogP contribution in [0.2, 0.25) is 0 Å². The Bertz CT molecular complexity index is 628. The van der Waals surface area contributed by atoms with Crippen LogP contribution in [0.15, 0.2) is 33.5 Å². The molecular weight excluding hydrogens is 234 g/mol. The van der Waals surface area contributed by atoms with E-state index in [0.29, 0.717) is 43.2 Å². The van der Waals surface area contributed by atoms with Crippen LogP contribution >= 0.6 is 0 Å². The van der Waals surface area contributed by atoms with Crippen molar-refractivity contribution in [2.24, 2.45) is 0 Å². The normalized spacial score (nSPS) is 16.1. The van der Waals surface area contributed by atoms with Crippen LogP contribution < -0.4 is 10.3 Å². The monoisotopic (exact) mass is 247 g/mol. The van der Waals surface area contributed by atoms with E-state index in [4.69, 9.17) is 9.15 Å². The Morgan fingerprint density at radius 1 is 1.17 bits per heavy atom. The van der Waals surface area contributed by atoms with E-state index in [1.165, 1.54) is 18.2 Å². The minimum atomic E-state index is -0.145. The first-order valence-corrected chi connectivity index (χ1v) is 5.83. The zero-order chi connectivity index (χ0) is 12.5. The van der Waals surface area contributed by atoms with E-state index in [9.17, 15) is 9.90 Å². The number of ether oxygens (including phenoxy) is 1. The van der Waals surface area contributed by atoms with Gasteiger partial charge in [0.2, 0.25) is 0 Å². The molecule has 0 radical (unpaired) electrons. The van der Waals surface area contributed by atoms with Crippen molar-refractivity contribution in [1.29, 1.82) is 0 Å². The van der Waals surface area contributed by atoms with E-state index in [2.05, 4.69) is 0 Å². The summed E-state index contributed by atoms with van der Waals surface area (Å²) in [5.41, 5.74) is 0.343. The van der Waals surface area contributed by atoms with E-state index >= 15 is 0 Å². The quantitative estimate of drug-likeness (QED) is 0.823. The van der Waals surface area contributed by atoms with Gasteiger partial charge in [0, 0.05) is 19.2 Å². The van der Waals surface area contributed by atoms with Gasteiger partial charge in [-0.05, 0) is 18.2 Å². The third-order valence-electron chi connectivity index (χ3n) is 3.02. The molecule has 0 unspecified atom stereocenters. The Kier molecular flexibility index (Phi) is 2.68. The SMILES string of the molecule is O=c1cc(N2CCOCC2)oc2ccc(O)cc12. The smallest absolute Gasteiger partial charge is 0.200 e. The Morgan fingerprint density at radius 2 is 1.94 bits per heavy atom. The van der Waals surface area contributed by atoms with Gasteiger partial charge >= 0.3 is 0 Å². The van der Waals surface area contributed by atoms with E-state index in [1.807, 2.05) is 4.90 Å². The maximum atomic E-state index is 12.0. The second-order valence-electron chi connectivity index (χ2n) is 4.23. The molecule has 0 bridgehead atoms. The van der Waals surface area contributed by atoms with Crippen LogP contribution in [0.5, 0.6) is 5.75 Å². The lowest BCUT2D eigenvalue weighted by molar-refractivity contribution is 0.121. The number of aromatic hydroxyl groups is 1. The summed E-state index contributed by atoms with van der Waals surface area (Å²) in [5, 5.41) is 9.76. The van der Waals surface area contributed by atoms with Gasteiger partial charge in [0.25, 0.3) is 0 Å². The highest BCUT2D eigenvalue weighted by Crippen LogP contribution is 2.22. The number of hydrogen-bond acceptors (Lipinski definition) is 5. The second-order valence-corrected chi connectivity index (χ2v) is 4.23. The first kappa shape index (κ1) is 11.1. The fraction of sp³-hybridized carbons (Fsp3) is 0.308. The Labute approximate surface area is 103 Å². The van der Waals surface area contributed by atoms with Crippen LogP contribution in [-0.2, 0) is 4.74 Å². The third-order valence-corrected chi connectivity index (χ3v) is 3.02. The molecule has 2 aromatic rings. The van der Waals surface area contributed by atoms with E-state index < -0.39 is 0 Å². The molecule has 0 saturated carbocycles. The summed E-state index contributed by atoms with van der Waals surface area (Å²) < 4.78 is 11.0. The van der Waals surface area contributed by atoms with Crippen molar-refractivity contribution in [3.63, 3.8) is 0 Å². The third kappa shape index (κ3) is 1.93. The van der Waals surface area contributed by atoms with Crippen molar-refractivity contribution in [1.82, 2.24) is 0 Å². The maximum absolute atomic E-state index is 12.0. The summed E-state index contributed by atoms with van der Waals surface area (Å²) in [5.74, 6) is 0.621. The van der Waals surface area contributed by atoms with Crippen LogP contribution in [0.3, 0.4) is 0 Å². The van der Waals surface area contributed by atoms with Crippen molar-refractivity contribution in [2.75, 3.05) is 31.2 Å². The summed E-state index contributed by atoms with van der Waals surface area (Å²) in [6.45, 7) is 2.70. The van der Waals surface area contributed by atoms with Crippen LogP contribution in [0, 0.1) is 0 Å². The summed E-state index contributed by atoms with van der Waals surface area (Å²) in [6.07, 6.45) is 0. The lowest BCUT2D eigenvalue weighted by atomic mass is 10.2. The van der Waals surface area contributed by atoms with Gasteiger partial charge in [0.1, 0.15) is 11.3 Å². The topological polar surface area (TPSA) is 62.9 Å². The largest absolute Gasteiger partial charge is 0.508 e. The van der Waals surface area contributed by atoms with Crippen molar-refractivity contribution in [3.8, 4) is 5.75 Å². The molecule has 1 N–H and O–H groups in total. The number of nitrogens with zero attached hydrogens (tertiary/aromatic N) is 1. The number of phenols is 1. The molecule has 1 aliphatic heterocycles. The molecule has 5 heteroatoms. The van der Waals surface area contributed by atoms with Crippen LogP contribution in [0.4, 0.5) is 5.88 Å². The molecule has 18 heavy (non-hydrogen) atoms. The van der Waals surface area contributed by atoms with Gasteiger partial charge in [-0.2, -0.15) is 0 Å². The van der Waals surface area contributed by atoms with E-state index in [0.717, 1.165) is 0 Å². The van der Waals surface area contributed by atoms with Crippen molar-refractivity contribution in [2.45, 2.75) is 0 Å². The molecule has 1 aromatic heterocycles. The van der Waals surface area contributed by atoms with E-state index in [1.54, 1.807) is 6.07 Å². The Balaban J connectivity index is 2.09. The lowest BCUT2D eigenvalue weighted by Gasteiger charge is -2.27. The summed E-state index contributed by atoms with van der Waals surface area (Å²) in [7, 11) is 0. The van der Waals surface area contributed by atoms with Crippen molar-refractivity contribution < 1.29 is 14.3 Å². The second kappa shape index (κ2) is 4.34. The average molecular weight is 247 g/mol. The molecule has 1 saturated heterocycles. The number of phenolic OH excluding ortho intramolecular Hbond substituents is 1. The van der Waals surface area contributed by atoms with Crippen molar-refractivity contribution in [3.05, 3.63) is 34.5 Å². The number of rotatable bonds is 1. The number of anilines is 1. The van der Waals surface area contributed by atoms with Gasteiger partial charge in [-0.15, -0.1) is 0 Å². The van der Waals surface area contributed by atoms with Gasteiger partial charge < -0.3 is 19.2 Å². The standard InChI is InChI=1S/C13H13NO4/c15-9-1-2-12-10(7-9)11(16)8-13(18-12)14-3-5-17-6-4-14/h1-2,7-8,15H,3-6H2. The fourth-order valence-electron chi connectivity index (χ4n) is 2.07. The Hall–Kier alpha value is -2.01. The molecule has 0 amide bonds. The molecule has 0 aliphatic carbocycles. The molecule has 5 nitrogen and oxygen atoms in total. The van der Waals surface area contributed by atoms with Gasteiger partial charge in [0.15, 0.2) is 11.3 Å². The molecule has 1 fully saturated rings. The van der Waals surface area contributed by atoms with Gasteiger partial charge in [-0.25, -0.2) is 0 Å². The first-order chi connectivity index (χ1) is 8.74. The maximum Gasteiger partial charge on any atom is 0.200 e. The van der Waals surface area contributed by atoms with Crippen LogP contribution in [0.25, 0.3) is 11.0 Å². The molecule has 2 heterocycles. The van der Waals surface area contributed by atoms with E-state index in [-0.39, 0.29) is 11.2 Å². The molecule has 1 aromatic carbocycles. The zero-order valence-electron chi connectivity index (χ0n) is 9.76. The van der Waals surface area contributed by atoms with Crippen LogP contribution in [0.1, 0.15) is 0 Å². The van der Waals surface area contributed by atoms with Gasteiger partial charge in [-0.3, -0.25) is 4.79 Å². The van der Waals surface area contributed by atoms with Crippen molar-refractivity contribution >= 4 is 16.9 Å². The fourth-order valence-corrected chi connectivity index (χ4v) is 2.07. The summed E-state index contributed by atoms with van der Waals surface area (Å²) in [4.78, 5) is 13.9. The summed E-state index contributed by atoms with van der Waals surface area (Å²) >= 11 is 0. The number of benzene rings is 1. The molecule has 1 aliphatic rings. The molecule has 3 rings (SSSR count). The molecule has 0 atom stereocenters. The first-order valence-electron chi connectivity index (χ1n) is 5.83. The summed E-state index contributed by atoms with van der Waals surface area (Å²) in [6, 6.07) is 6.00. The highest BCUT2D eigenvalue weighted by atomic mass is 16.5. The zero-order valence-corrected chi connectivity index (χ0v) is 9.76. The number of morpholine rings is 1. The predicted octanol–water partition coefficient (Wildman–Crippen LogP) is 1.34. The Morgan fingerprint density at radius 3 is 2.72 bits per heavy atom. The number of fused-ring (bicyclic) bond motifs is 1.